The van der Waals surface area contributed by atoms with Gasteiger partial charge in [0.25, 0.3) is 5.69 Å². The molecular weight excluding hydrogens is 358 g/mol. The molecule has 0 spiro atoms. The summed E-state index contributed by atoms with van der Waals surface area (Å²) in [5.41, 5.74) is 0.799. The molecular formula is C21H21N3O4. The Labute approximate surface area is 162 Å². The van der Waals surface area contributed by atoms with E-state index in [-0.39, 0.29) is 17.3 Å². The molecule has 0 aliphatic carbocycles. The van der Waals surface area contributed by atoms with Gasteiger partial charge in [-0.3, -0.25) is 14.9 Å². The smallest absolute Gasteiger partial charge is 0.296 e. The lowest BCUT2D eigenvalue weighted by Gasteiger charge is -2.26. The predicted octanol–water partition coefficient (Wildman–Crippen LogP) is 4.22. The molecule has 0 aromatic heterocycles. The van der Waals surface area contributed by atoms with Gasteiger partial charge in [0.2, 0.25) is 5.91 Å². The number of hydrogen-bond acceptors (Lipinski definition) is 5. The van der Waals surface area contributed by atoms with Crippen LogP contribution >= 0.6 is 0 Å². The van der Waals surface area contributed by atoms with E-state index in [2.05, 4.69) is 5.32 Å². The summed E-state index contributed by atoms with van der Waals surface area (Å²) in [6.07, 6.45) is 0. The summed E-state index contributed by atoms with van der Waals surface area (Å²) < 4.78 is 5.02. The first kappa shape index (κ1) is 19.2. The van der Waals surface area contributed by atoms with Crippen molar-refractivity contribution in [3.8, 4) is 5.75 Å². The van der Waals surface area contributed by atoms with Gasteiger partial charge in [-0.2, -0.15) is 0 Å². The summed E-state index contributed by atoms with van der Waals surface area (Å²) >= 11 is 0. The summed E-state index contributed by atoms with van der Waals surface area (Å²) in [6.45, 7) is 1.75. The molecule has 0 aliphatic heterocycles. The molecule has 7 nitrogen and oxygen atoms in total. The van der Waals surface area contributed by atoms with E-state index in [1.54, 1.807) is 13.0 Å². The van der Waals surface area contributed by atoms with Crippen molar-refractivity contribution in [3.63, 3.8) is 0 Å². The van der Waals surface area contributed by atoms with Crippen LogP contribution in [0.2, 0.25) is 0 Å². The Kier molecular flexibility index (Phi) is 5.44. The minimum Gasteiger partial charge on any atom is -0.496 e. The SMILES string of the molecule is COc1ccc(NC(=O)C(C)N(C)c2ccc3ccccc3c2)c([N+](=O)[O-])c1. The normalized spacial score (nSPS) is 11.7. The quantitative estimate of drug-likeness (QED) is 0.512. The molecule has 1 amide bonds. The second-order valence-electron chi connectivity index (χ2n) is 6.45. The van der Waals surface area contributed by atoms with Crippen LogP contribution in [0.4, 0.5) is 17.1 Å². The van der Waals surface area contributed by atoms with E-state index in [1.807, 2.05) is 54.4 Å². The van der Waals surface area contributed by atoms with Crippen LogP contribution < -0.4 is 15.0 Å². The number of rotatable bonds is 6. The van der Waals surface area contributed by atoms with Gasteiger partial charge in [0.1, 0.15) is 17.5 Å². The largest absolute Gasteiger partial charge is 0.496 e. The number of nitrogens with one attached hydrogen (secondary N) is 1. The topological polar surface area (TPSA) is 84.7 Å². The fourth-order valence-corrected chi connectivity index (χ4v) is 2.93. The Morgan fingerprint density at radius 2 is 1.82 bits per heavy atom. The summed E-state index contributed by atoms with van der Waals surface area (Å²) in [5.74, 6) is 0.00922. The summed E-state index contributed by atoms with van der Waals surface area (Å²) in [4.78, 5) is 25.3. The molecule has 0 radical (unpaired) electrons. The first-order chi connectivity index (χ1) is 13.4. The number of carbonyl (C=O) groups is 1. The standard InChI is InChI=1S/C21H21N3O4/c1-14(23(2)17-9-8-15-6-4-5-7-16(15)12-17)21(25)22-19-11-10-18(28-3)13-20(19)24(26)27/h4-14H,1-3H3,(H,22,25). The molecule has 1 atom stereocenters. The van der Waals surface area contributed by atoms with Gasteiger partial charge in [0.15, 0.2) is 0 Å². The maximum Gasteiger partial charge on any atom is 0.296 e. The molecule has 0 saturated heterocycles. The second-order valence-corrected chi connectivity index (χ2v) is 6.45. The molecule has 3 rings (SSSR count). The number of nitrogens with zero attached hydrogens (tertiary/aromatic N) is 2. The van der Waals surface area contributed by atoms with Crippen molar-refractivity contribution >= 4 is 33.7 Å². The van der Waals surface area contributed by atoms with Gasteiger partial charge in [-0.05, 0) is 42.0 Å². The highest BCUT2D eigenvalue weighted by molar-refractivity contribution is 5.98. The minimum atomic E-state index is -0.546. The van der Waals surface area contributed by atoms with Crippen LogP contribution in [0.25, 0.3) is 10.8 Å². The third-order valence-corrected chi connectivity index (χ3v) is 4.76. The number of amides is 1. The van der Waals surface area contributed by atoms with Crippen LogP contribution in [0.5, 0.6) is 5.75 Å². The lowest BCUT2D eigenvalue weighted by molar-refractivity contribution is -0.384. The zero-order valence-electron chi connectivity index (χ0n) is 15.9. The molecule has 28 heavy (non-hydrogen) atoms. The Bertz CT molecular complexity index is 1040. The maximum absolute atomic E-state index is 12.7. The number of benzene rings is 3. The lowest BCUT2D eigenvalue weighted by Crippen LogP contribution is -2.39. The number of nitro groups is 1. The van der Waals surface area contributed by atoms with E-state index >= 15 is 0 Å². The number of hydrogen-bond donors (Lipinski definition) is 1. The molecule has 3 aromatic carbocycles. The van der Waals surface area contributed by atoms with Gasteiger partial charge in [-0.25, -0.2) is 0 Å². The Hall–Kier alpha value is -3.61. The van der Waals surface area contributed by atoms with E-state index in [0.717, 1.165) is 16.5 Å². The molecule has 1 unspecified atom stereocenters. The fraction of sp³-hybridized carbons (Fsp3) is 0.190. The zero-order valence-corrected chi connectivity index (χ0v) is 15.9. The summed E-state index contributed by atoms with van der Waals surface area (Å²) in [5, 5.41) is 16.2. The number of methoxy groups -OCH3 is 1. The van der Waals surface area contributed by atoms with Crippen LogP contribution in [-0.4, -0.2) is 31.0 Å². The van der Waals surface area contributed by atoms with E-state index in [9.17, 15) is 14.9 Å². The number of anilines is 2. The first-order valence-electron chi connectivity index (χ1n) is 8.75. The van der Waals surface area contributed by atoms with Gasteiger partial charge in [-0.1, -0.05) is 30.3 Å². The Morgan fingerprint density at radius 3 is 2.50 bits per heavy atom. The van der Waals surface area contributed by atoms with E-state index in [1.165, 1.54) is 19.2 Å². The van der Waals surface area contributed by atoms with Crippen molar-refractivity contribution < 1.29 is 14.5 Å². The van der Waals surface area contributed by atoms with Crippen molar-refractivity contribution in [2.24, 2.45) is 0 Å². The first-order valence-corrected chi connectivity index (χ1v) is 8.75. The Morgan fingerprint density at radius 1 is 1.11 bits per heavy atom. The number of ether oxygens (including phenoxy) is 1. The summed E-state index contributed by atoms with van der Waals surface area (Å²) in [7, 11) is 3.24. The van der Waals surface area contributed by atoms with Crippen LogP contribution in [0.3, 0.4) is 0 Å². The van der Waals surface area contributed by atoms with E-state index < -0.39 is 11.0 Å². The highest BCUT2D eigenvalue weighted by Crippen LogP contribution is 2.29. The second kappa shape index (κ2) is 7.96. The van der Waals surface area contributed by atoms with Crippen LogP contribution in [0.1, 0.15) is 6.92 Å². The van der Waals surface area contributed by atoms with Gasteiger partial charge in [0.05, 0.1) is 18.1 Å². The molecule has 0 fully saturated rings. The highest BCUT2D eigenvalue weighted by atomic mass is 16.6. The fourth-order valence-electron chi connectivity index (χ4n) is 2.93. The van der Waals surface area contributed by atoms with Crippen LogP contribution in [-0.2, 0) is 4.79 Å². The lowest BCUT2D eigenvalue weighted by atomic mass is 10.1. The van der Waals surface area contributed by atoms with Crippen LogP contribution in [0.15, 0.2) is 60.7 Å². The molecule has 0 heterocycles. The molecule has 1 N–H and O–H groups in total. The monoisotopic (exact) mass is 379 g/mol. The average Bonchev–Trinajstić information content (AvgIpc) is 2.72. The molecule has 0 bridgehead atoms. The van der Waals surface area contributed by atoms with Crippen molar-refractivity contribution in [1.82, 2.24) is 0 Å². The van der Waals surface area contributed by atoms with Crippen molar-refractivity contribution in [1.29, 1.82) is 0 Å². The van der Waals surface area contributed by atoms with Gasteiger partial charge in [-0.15, -0.1) is 0 Å². The third-order valence-electron chi connectivity index (χ3n) is 4.76. The van der Waals surface area contributed by atoms with Gasteiger partial charge >= 0.3 is 0 Å². The predicted molar refractivity (Wildman–Crippen MR) is 110 cm³/mol. The highest BCUT2D eigenvalue weighted by Gasteiger charge is 2.23. The van der Waals surface area contributed by atoms with Gasteiger partial charge in [0, 0.05) is 12.7 Å². The van der Waals surface area contributed by atoms with E-state index in [0.29, 0.717) is 5.75 Å². The van der Waals surface area contributed by atoms with E-state index in [4.69, 9.17) is 4.74 Å². The minimum absolute atomic E-state index is 0.134. The average molecular weight is 379 g/mol. The van der Waals surface area contributed by atoms with Crippen molar-refractivity contribution in [2.45, 2.75) is 13.0 Å². The molecule has 144 valence electrons. The maximum atomic E-state index is 12.7. The number of likely N-dealkylation sites (N-methyl/N-ethyl adjacent to an activating group) is 1. The molecule has 0 aliphatic rings. The third kappa shape index (κ3) is 3.88. The molecule has 3 aromatic rings. The van der Waals surface area contributed by atoms with Crippen LogP contribution in [0, 0.1) is 10.1 Å². The number of fused-ring (bicyclic) bond motifs is 1. The zero-order chi connectivity index (χ0) is 20.3. The number of carbonyl (C=O) groups excluding carboxylic acids is 1. The molecule has 0 saturated carbocycles. The van der Waals surface area contributed by atoms with Crippen molar-refractivity contribution in [2.75, 3.05) is 24.4 Å². The molecule has 7 heteroatoms. The number of nitro benzene ring substituents is 1. The van der Waals surface area contributed by atoms with Crippen molar-refractivity contribution in [3.05, 3.63) is 70.8 Å². The Balaban J connectivity index is 1.81. The van der Waals surface area contributed by atoms with Gasteiger partial charge < -0.3 is 15.0 Å². The summed E-state index contributed by atoms with van der Waals surface area (Å²) in [6, 6.07) is 17.7.